The van der Waals surface area contributed by atoms with Crippen LogP contribution < -0.4 is 4.74 Å². The monoisotopic (exact) mass is 337 g/mol. The summed E-state index contributed by atoms with van der Waals surface area (Å²) in [6.07, 6.45) is 2.41. The normalized spacial score (nSPS) is 14.3. The van der Waals surface area contributed by atoms with E-state index in [-0.39, 0.29) is 0 Å². The number of ether oxygens (including phenoxy) is 1. The molecule has 128 valence electrons. The molecule has 4 rings (SSSR count). The fourth-order valence-electron chi connectivity index (χ4n) is 3.09. The third kappa shape index (κ3) is 3.23. The predicted molar refractivity (Wildman–Crippen MR) is 90.9 cm³/mol. The van der Waals surface area contributed by atoms with Crippen LogP contribution in [0.1, 0.15) is 22.7 Å². The minimum Gasteiger partial charge on any atom is -0.481 e. The van der Waals surface area contributed by atoms with Crippen LogP contribution in [0.5, 0.6) is 5.88 Å². The van der Waals surface area contributed by atoms with Crippen molar-refractivity contribution in [3.8, 4) is 17.3 Å². The molecule has 0 atom stereocenters. The molecule has 2 aromatic heterocycles. The highest BCUT2D eigenvalue weighted by Gasteiger charge is 2.23. The zero-order valence-electron chi connectivity index (χ0n) is 14.3. The van der Waals surface area contributed by atoms with E-state index in [1.807, 2.05) is 31.2 Å². The Kier molecular flexibility index (Phi) is 4.15. The molecule has 0 fully saturated rings. The minimum absolute atomic E-state index is 0.594. The van der Waals surface area contributed by atoms with Crippen molar-refractivity contribution in [1.82, 2.24) is 25.0 Å². The highest BCUT2D eigenvalue weighted by Crippen LogP contribution is 2.25. The van der Waals surface area contributed by atoms with E-state index in [0.29, 0.717) is 30.7 Å². The van der Waals surface area contributed by atoms with E-state index in [1.54, 1.807) is 13.4 Å². The molecular weight excluding hydrogens is 318 g/mol. The van der Waals surface area contributed by atoms with Gasteiger partial charge < -0.3 is 9.26 Å². The van der Waals surface area contributed by atoms with Crippen molar-refractivity contribution < 1.29 is 9.26 Å². The van der Waals surface area contributed by atoms with Gasteiger partial charge in [-0.05, 0) is 13.0 Å². The second-order valence-electron chi connectivity index (χ2n) is 6.15. The largest absolute Gasteiger partial charge is 0.481 e. The molecule has 1 aromatic carbocycles. The number of hydrogen-bond donors (Lipinski definition) is 0. The first-order valence-electron chi connectivity index (χ1n) is 8.21. The number of aryl methyl sites for hydroxylation is 1. The average molecular weight is 337 g/mol. The summed E-state index contributed by atoms with van der Waals surface area (Å²) in [6, 6.07) is 8.08. The first-order valence-corrected chi connectivity index (χ1v) is 8.21. The summed E-state index contributed by atoms with van der Waals surface area (Å²) in [5, 5.41) is 4.11. The lowest BCUT2D eigenvalue weighted by atomic mass is 10.1. The summed E-state index contributed by atoms with van der Waals surface area (Å²) < 4.78 is 10.8. The average Bonchev–Trinajstić information content (AvgIpc) is 3.10. The Labute approximate surface area is 145 Å². The SMILES string of the molecule is COc1ncnc2c1CN(Cc1nc(-c3cccc(C)c3)no1)CC2. The third-order valence-corrected chi connectivity index (χ3v) is 4.34. The third-order valence-electron chi connectivity index (χ3n) is 4.34. The molecule has 7 heteroatoms. The van der Waals surface area contributed by atoms with E-state index in [2.05, 4.69) is 25.0 Å². The molecule has 0 radical (unpaired) electrons. The number of methoxy groups -OCH3 is 1. The minimum atomic E-state index is 0.594. The van der Waals surface area contributed by atoms with Crippen LogP contribution >= 0.6 is 0 Å². The molecule has 7 nitrogen and oxygen atoms in total. The number of rotatable bonds is 4. The van der Waals surface area contributed by atoms with E-state index in [1.165, 1.54) is 5.56 Å². The standard InChI is InChI=1S/C18H19N5O2/c1-12-4-3-5-13(8-12)17-21-16(25-22-17)10-23-7-6-15-14(9-23)18(24-2)20-11-19-15/h3-5,8,11H,6-7,9-10H2,1-2H3. The molecule has 0 amide bonds. The highest BCUT2D eigenvalue weighted by atomic mass is 16.5. The molecule has 1 aliphatic rings. The van der Waals surface area contributed by atoms with Gasteiger partial charge in [-0.1, -0.05) is 28.9 Å². The Morgan fingerprint density at radius 1 is 1.28 bits per heavy atom. The maximum Gasteiger partial charge on any atom is 0.241 e. The fraction of sp³-hybridized carbons (Fsp3) is 0.333. The Morgan fingerprint density at radius 3 is 3.04 bits per heavy atom. The zero-order chi connectivity index (χ0) is 17.2. The van der Waals surface area contributed by atoms with Crippen LogP contribution in [0, 0.1) is 6.92 Å². The van der Waals surface area contributed by atoms with Gasteiger partial charge in [0.25, 0.3) is 0 Å². The first kappa shape index (κ1) is 15.7. The van der Waals surface area contributed by atoms with E-state index < -0.39 is 0 Å². The Morgan fingerprint density at radius 2 is 2.20 bits per heavy atom. The summed E-state index contributed by atoms with van der Waals surface area (Å²) in [7, 11) is 1.63. The molecule has 0 aliphatic carbocycles. The van der Waals surface area contributed by atoms with Crippen LogP contribution in [0.3, 0.4) is 0 Å². The zero-order valence-corrected chi connectivity index (χ0v) is 14.3. The van der Waals surface area contributed by atoms with Crippen LogP contribution in [0.15, 0.2) is 35.1 Å². The van der Waals surface area contributed by atoms with Gasteiger partial charge in [0.05, 0.1) is 19.3 Å². The van der Waals surface area contributed by atoms with Gasteiger partial charge in [-0.15, -0.1) is 0 Å². The fourth-order valence-corrected chi connectivity index (χ4v) is 3.09. The van der Waals surface area contributed by atoms with Crippen LogP contribution in [-0.4, -0.2) is 38.7 Å². The second kappa shape index (κ2) is 6.60. The van der Waals surface area contributed by atoms with E-state index in [0.717, 1.165) is 29.8 Å². The lowest BCUT2D eigenvalue weighted by Gasteiger charge is -2.27. The summed E-state index contributed by atoms with van der Waals surface area (Å²) in [4.78, 5) is 15.3. The topological polar surface area (TPSA) is 77.2 Å². The van der Waals surface area contributed by atoms with Gasteiger partial charge in [-0.3, -0.25) is 4.90 Å². The van der Waals surface area contributed by atoms with Crippen molar-refractivity contribution in [3.63, 3.8) is 0 Å². The number of hydrogen-bond acceptors (Lipinski definition) is 7. The number of benzene rings is 1. The number of fused-ring (bicyclic) bond motifs is 1. The molecule has 0 saturated heterocycles. The van der Waals surface area contributed by atoms with Crippen molar-refractivity contribution in [1.29, 1.82) is 0 Å². The van der Waals surface area contributed by atoms with Gasteiger partial charge in [0.15, 0.2) is 0 Å². The summed E-state index contributed by atoms with van der Waals surface area (Å²) in [5.41, 5.74) is 4.22. The van der Waals surface area contributed by atoms with Crippen LogP contribution in [0.25, 0.3) is 11.4 Å². The smallest absolute Gasteiger partial charge is 0.241 e. The number of aromatic nitrogens is 4. The molecule has 0 bridgehead atoms. The maximum absolute atomic E-state index is 5.44. The van der Waals surface area contributed by atoms with Crippen LogP contribution in [0.4, 0.5) is 0 Å². The van der Waals surface area contributed by atoms with Gasteiger partial charge in [0, 0.05) is 30.6 Å². The van der Waals surface area contributed by atoms with Gasteiger partial charge in [-0.25, -0.2) is 9.97 Å². The van der Waals surface area contributed by atoms with Crippen LogP contribution in [0.2, 0.25) is 0 Å². The van der Waals surface area contributed by atoms with Crippen molar-refractivity contribution >= 4 is 0 Å². The quantitative estimate of drug-likeness (QED) is 0.723. The summed E-state index contributed by atoms with van der Waals surface area (Å²) >= 11 is 0. The molecule has 1 aliphatic heterocycles. The van der Waals surface area contributed by atoms with E-state index in [4.69, 9.17) is 9.26 Å². The molecule has 25 heavy (non-hydrogen) atoms. The summed E-state index contributed by atoms with van der Waals surface area (Å²) in [6.45, 7) is 4.23. The molecule has 0 spiro atoms. The lowest BCUT2D eigenvalue weighted by molar-refractivity contribution is 0.204. The molecule has 3 heterocycles. The van der Waals surface area contributed by atoms with Crippen LogP contribution in [-0.2, 0) is 19.5 Å². The van der Waals surface area contributed by atoms with Gasteiger partial charge in [0.1, 0.15) is 6.33 Å². The van der Waals surface area contributed by atoms with E-state index >= 15 is 0 Å². The molecular formula is C18H19N5O2. The molecule has 0 N–H and O–H groups in total. The first-order chi connectivity index (χ1) is 12.2. The highest BCUT2D eigenvalue weighted by molar-refractivity contribution is 5.55. The molecule has 0 saturated carbocycles. The van der Waals surface area contributed by atoms with Crippen molar-refractivity contribution in [2.24, 2.45) is 0 Å². The Balaban J connectivity index is 1.50. The van der Waals surface area contributed by atoms with Crippen molar-refractivity contribution in [3.05, 3.63) is 53.3 Å². The van der Waals surface area contributed by atoms with E-state index in [9.17, 15) is 0 Å². The summed E-state index contributed by atoms with van der Waals surface area (Å²) in [5.74, 6) is 1.87. The van der Waals surface area contributed by atoms with Gasteiger partial charge in [0.2, 0.25) is 17.6 Å². The van der Waals surface area contributed by atoms with Crippen molar-refractivity contribution in [2.45, 2.75) is 26.4 Å². The maximum atomic E-state index is 5.44. The molecule has 3 aromatic rings. The number of nitrogens with zero attached hydrogens (tertiary/aromatic N) is 5. The lowest BCUT2D eigenvalue weighted by Crippen LogP contribution is -2.31. The second-order valence-corrected chi connectivity index (χ2v) is 6.15. The van der Waals surface area contributed by atoms with Gasteiger partial charge in [-0.2, -0.15) is 4.98 Å². The Bertz CT molecular complexity index is 878. The predicted octanol–water partition coefficient (Wildman–Crippen LogP) is 2.40. The molecule has 0 unspecified atom stereocenters. The van der Waals surface area contributed by atoms with Gasteiger partial charge >= 0.3 is 0 Å². The Hall–Kier alpha value is -2.80. The van der Waals surface area contributed by atoms with Crippen molar-refractivity contribution in [2.75, 3.05) is 13.7 Å².